The number of hydrogen-bond acceptors (Lipinski definition) is 3. The van der Waals surface area contributed by atoms with E-state index >= 15 is 0 Å². The van der Waals surface area contributed by atoms with Gasteiger partial charge in [-0.15, -0.1) is 0 Å². The maximum absolute atomic E-state index is 6.10. The highest BCUT2D eigenvalue weighted by Gasteiger charge is 2.39. The summed E-state index contributed by atoms with van der Waals surface area (Å²) in [7, 11) is 2.34. The minimum atomic E-state index is 0.467. The minimum absolute atomic E-state index is 0.467. The van der Waals surface area contributed by atoms with Crippen molar-refractivity contribution in [3.05, 3.63) is 0 Å². The zero-order valence-corrected chi connectivity index (χ0v) is 14.6. The molecule has 0 bridgehead atoms. The second kappa shape index (κ2) is 7.43. The van der Waals surface area contributed by atoms with Crippen LogP contribution in [0.1, 0.15) is 59.3 Å². The van der Waals surface area contributed by atoms with Crippen LogP contribution in [-0.4, -0.2) is 43.8 Å². The Labute approximate surface area is 131 Å². The van der Waals surface area contributed by atoms with E-state index in [0.29, 0.717) is 23.4 Å². The summed E-state index contributed by atoms with van der Waals surface area (Å²) in [4.78, 5) is 2.66. The first-order valence-corrected chi connectivity index (χ1v) is 8.99. The topological polar surface area (TPSA) is 38.5 Å². The Kier molecular flexibility index (Phi) is 6.10. The van der Waals surface area contributed by atoms with Crippen LogP contribution in [0.4, 0.5) is 0 Å². The van der Waals surface area contributed by atoms with E-state index in [0.717, 1.165) is 25.7 Å². The summed E-state index contributed by atoms with van der Waals surface area (Å²) in [5, 5.41) is 0. The Morgan fingerprint density at radius 1 is 1.14 bits per heavy atom. The molecule has 0 aromatic carbocycles. The quantitative estimate of drug-likeness (QED) is 0.846. The predicted molar refractivity (Wildman–Crippen MR) is 89.3 cm³/mol. The zero-order chi connectivity index (χ0) is 15.5. The molecule has 1 saturated heterocycles. The van der Waals surface area contributed by atoms with Gasteiger partial charge in [-0.3, -0.25) is 4.90 Å². The number of nitrogens with two attached hydrogens (primary N) is 1. The third-order valence-corrected chi connectivity index (χ3v) is 6.57. The van der Waals surface area contributed by atoms with Gasteiger partial charge < -0.3 is 10.5 Å². The summed E-state index contributed by atoms with van der Waals surface area (Å²) in [5.74, 6) is 1.53. The van der Waals surface area contributed by atoms with Gasteiger partial charge in [0.1, 0.15) is 0 Å². The molecule has 0 spiro atoms. The van der Waals surface area contributed by atoms with Gasteiger partial charge in [0.25, 0.3) is 0 Å². The standard InChI is InChI=1S/C18H36N2O/c1-5-18(2,3)15-7-6-14(13-19)17(12-15)20(4)16-8-10-21-11-9-16/h14-17H,5-13,19H2,1-4H3. The first-order valence-electron chi connectivity index (χ1n) is 8.99. The zero-order valence-electron chi connectivity index (χ0n) is 14.6. The van der Waals surface area contributed by atoms with E-state index < -0.39 is 0 Å². The third-order valence-electron chi connectivity index (χ3n) is 6.57. The van der Waals surface area contributed by atoms with Crippen molar-refractivity contribution < 1.29 is 4.74 Å². The van der Waals surface area contributed by atoms with Crippen LogP contribution < -0.4 is 5.73 Å². The van der Waals surface area contributed by atoms with Crippen LogP contribution >= 0.6 is 0 Å². The monoisotopic (exact) mass is 296 g/mol. The van der Waals surface area contributed by atoms with E-state index in [1.54, 1.807) is 0 Å². The van der Waals surface area contributed by atoms with E-state index in [1.807, 2.05) is 0 Å². The van der Waals surface area contributed by atoms with Crippen molar-refractivity contribution in [3.8, 4) is 0 Å². The van der Waals surface area contributed by atoms with Gasteiger partial charge >= 0.3 is 0 Å². The van der Waals surface area contributed by atoms with Crippen LogP contribution in [0.15, 0.2) is 0 Å². The molecule has 1 saturated carbocycles. The van der Waals surface area contributed by atoms with Gasteiger partial charge in [-0.1, -0.05) is 27.2 Å². The molecule has 0 aromatic rings. The maximum Gasteiger partial charge on any atom is 0.0480 e. The Morgan fingerprint density at radius 2 is 1.81 bits per heavy atom. The molecule has 1 aliphatic heterocycles. The largest absolute Gasteiger partial charge is 0.381 e. The number of ether oxygens (including phenoxy) is 1. The Bertz CT molecular complexity index is 312. The normalized spacial score (nSPS) is 32.6. The van der Waals surface area contributed by atoms with Crippen molar-refractivity contribution in [1.82, 2.24) is 4.90 Å². The van der Waals surface area contributed by atoms with Gasteiger partial charge in [0.2, 0.25) is 0 Å². The van der Waals surface area contributed by atoms with E-state index in [-0.39, 0.29) is 0 Å². The Morgan fingerprint density at radius 3 is 2.38 bits per heavy atom. The molecule has 0 aromatic heterocycles. The first-order chi connectivity index (χ1) is 9.99. The fraction of sp³-hybridized carbons (Fsp3) is 1.00. The van der Waals surface area contributed by atoms with Gasteiger partial charge in [-0.05, 0) is 62.9 Å². The van der Waals surface area contributed by atoms with Crippen LogP contribution in [-0.2, 0) is 4.74 Å². The smallest absolute Gasteiger partial charge is 0.0480 e. The van der Waals surface area contributed by atoms with Crippen LogP contribution in [0.2, 0.25) is 0 Å². The molecule has 0 amide bonds. The van der Waals surface area contributed by atoms with Gasteiger partial charge in [0, 0.05) is 25.3 Å². The minimum Gasteiger partial charge on any atom is -0.381 e. The van der Waals surface area contributed by atoms with Crippen LogP contribution in [0.5, 0.6) is 0 Å². The summed E-state index contributed by atoms with van der Waals surface area (Å²) >= 11 is 0. The van der Waals surface area contributed by atoms with E-state index in [2.05, 4.69) is 32.7 Å². The lowest BCUT2D eigenvalue weighted by Gasteiger charge is -2.48. The van der Waals surface area contributed by atoms with Crippen molar-refractivity contribution in [3.63, 3.8) is 0 Å². The highest BCUT2D eigenvalue weighted by molar-refractivity contribution is 4.93. The second-order valence-corrected chi connectivity index (χ2v) is 7.92. The van der Waals surface area contributed by atoms with Gasteiger partial charge in [0.15, 0.2) is 0 Å². The third kappa shape index (κ3) is 4.00. The highest BCUT2D eigenvalue weighted by atomic mass is 16.5. The van der Waals surface area contributed by atoms with E-state index in [9.17, 15) is 0 Å². The molecule has 2 N–H and O–H groups in total. The number of nitrogens with zero attached hydrogens (tertiary/aromatic N) is 1. The van der Waals surface area contributed by atoms with Crippen LogP contribution in [0.25, 0.3) is 0 Å². The van der Waals surface area contributed by atoms with Crippen LogP contribution in [0.3, 0.4) is 0 Å². The summed E-state index contributed by atoms with van der Waals surface area (Å²) in [5.41, 5.74) is 6.56. The molecule has 1 heterocycles. The summed E-state index contributed by atoms with van der Waals surface area (Å²) in [6.45, 7) is 9.94. The lowest BCUT2D eigenvalue weighted by atomic mass is 9.65. The molecule has 21 heavy (non-hydrogen) atoms. The molecule has 3 atom stereocenters. The Hall–Kier alpha value is -0.120. The average molecular weight is 296 g/mol. The highest BCUT2D eigenvalue weighted by Crippen LogP contribution is 2.43. The molecule has 0 radical (unpaired) electrons. The number of rotatable bonds is 5. The lowest BCUT2D eigenvalue weighted by molar-refractivity contribution is -0.0114. The van der Waals surface area contributed by atoms with Crippen molar-refractivity contribution in [1.29, 1.82) is 0 Å². The van der Waals surface area contributed by atoms with Crippen molar-refractivity contribution >= 4 is 0 Å². The molecular formula is C18H36N2O. The fourth-order valence-electron chi connectivity index (χ4n) is 4.34. The predicted octanol–water partition coefficient (Wildman–Crippen LogP) is 3.28. The fourth-order valence-corrected chi connectivity index (χ4v) is 4.34. The summed E-state index contributed by atoms with van der Waals surface area (Å²) in [6.07, 6.45) is 7.65. The van der Waals surface area contributed by atoms with Gasteiger partial charge in [0.05, 0.1) is 0 Å². The van der Waals surface area contributed by atoms with E-state index in [1.165, 1.54) is 38.5 Å². The first kappa shape index (κ1) is 17.2. The number of hydrogen-bond donors (Lipinski definition) is 1. The summed E-state index contributed by atoms with van der Waals surface area (Å²) < 4.78 is 5.53. The molecule has 124 valence electrons. The maximum atomic E-state index is 6.10. The second-order valence-electron chi connectivity index (χ2n) is 7.92. The average Bonchev–Trinajstić information content (AvgIpc) is 2.54. The molecule has 3 heteroatoms. The lowest BCUT2D eigenvalue weighted by Crippen LogP contribution is -2.51. The Balaban J connectivity index is 2.05. The molecule has 2 aliphatic rings. The molecule has 3 unspecified atom stereocenters. The SMILES string of the molecule is CCC(C)(C)C1CCC(CN)C(N(C)C2CCOCC2)C1. The summed E-state index contributed by atoms with van der Waals surface area (Å²) in [6, 6.07) is 1.36. The van der Waals surface area contributed by atoms with Crippen LogP contribution in [0, 0.1) is 17.3 Å². The molecule has 2 fully saturated rings. The van der Waals surface area contributed by atoms with Gasteiger partial charge in [-0.2, -0.15) is 0 Å². The molecule has 1 aliphatic carbocycles. The molecular weight excluding hydrogens is 260 g/mol. The van der Waals surface area contributed by atoms with Crippen molar-refractivity contribution in [2.45, 2.75) is 71.4 Å². The van der Waals surface area contributed by atoms with Crippen molar-refractivity contribution in [2.24, 2.45) is 23.0 Å². The van der Waals surface area contributed by atoms with Crippen molar-refractivity contribution in [2.75, 3.05) is 26.8 Å². The van der Waals surface area contributed by atoms with E-state index in [4.69, 9.17) is 10.5 Å². The molecule has 3 nitrogen and oxygen atoms in total. The van der Waals surface area contributed by atoms with Gasteiger partial charge in [-0.25, -0.2) is 0 Å². The molecule has 2 rings (SSSR count).